The molecule has 2 aliphatic rings. The highest BCUT2D eigenvalue weighted by Gasteiger charge is 2.30. The molecule has 5 heteroatoms. The van der Waals surface area contributed by atoms with Gasteiger partial charge in [-0.1, -0.05) is 37.3 Å². The first-order valence-electron chi connectivity index (χ1n) is 14.6. The Balaban J connectivity index is 1.32. The maximum Gasteiger partial charge on any atom is 0.150 e. The number of phenolic OH excluding ortho intramolecular Hbond substituents is 1. The molecule has 4 aromatic rings. The molecule has 0 saturated carbocycles. The van der Waals surface area contributed by atoms with E-state index in [9.17, 15) is 5.11 Å². The predicted octanol–water partition coefficient (Wildman–Crippen LogP) is 7.94. The highest BCUT2D eigenvalue weighted by molar-refractivity contribution is 5.96. The second-order valence-electron chi connectivity index (χ2n) is 11.6. The number of fused-ring (bicyclic) bond motifs is 1. The topological polar surface area (TPSA) is 54.8 Å². The van der Waals surface area contributed by atoms with Crippen molar-refractivity contribution in [1.29, 1.82) is 0 Å². The molecule has 0 bridgehead atoms. The van der Waals surface area contributed by atoms with Crippen LogP contribution in [0.4, 0.5) is 0 Å². The molecule has 0 radical (unpaired) electrons. The smallest absolute Gasteiger partial charge is 0.150 e. The Kier molecular flexibility index (Phi) is 7.55. The number of likely N-dealkylation sites (tertiary alicyclic amines) is 1. The molecule has 3 heterocycles. The summed E-state index contributed by atoms with van der Waals surface area (Å²) in [6, 6.07) is 24.6. The molecule has 1 fully saturated rings. The SMILES string of the molecule is CC1=C(c2cccc(-c3cnccc3C)c2)C(c2ccc(OCC(C)N3CCC(C)C3)cc2)Oc2ccc(O)cc21. The number of aromatic nitrogens is 1. The molecule has 5 nitrogen and oxygen atoms in total. The Hall–Kier alpha value is -4.09. The lowest BCUT2D eigenvalue weighted by Crippen LogP contribution is -2.35. The summed E-state index contributed by atoms with van der Waals surface area (Å²) >= 11 is 0. The van der Waals surface area contributed by atoms with Crippen LogP contribution in [0, 0.1) is 12.8 Å². The first kappa shape index (κ1) is 27.1. The lowest BCUT2D eigenvalue weighted by atomic mass is 9.85. The van der Waals surface area contributed by atoms with E-state index >= 15 is 0 Å². The average Bonchev–Trinajstić information content (AvgIpc) is 3.43. The van der Waals surface area contributed by atoms with Crippen LogP contribution in [0.2, 0.25) is 0 Å². The molecule has 210 valence electrons. The van der Waals surface area contributed by atoms with Gasteiger partial charge in [-0.3, -0.25) is 9.88 Å². The number of allylic oxidation sites excluding steroid dienone is 1. The van der Waals surface area contributed by atoms with Gasteiger partial charge in [-0.25, -0.2) is 0 Å². The fourth-order valence-corrected chi connectivity index (χ4v) is 6.10. The van der Waals surface area contributed by atoms with Gasteiger partial charge in [0.15, 0.2) is 0 Å². The Bertz CT molecular complexity index is 1580. The minimum atomic E-state index is -0.309. The molecule has 1 aromatic heterocycles. The molecular formula is C36H38N2O3. The Labute approximate surface area is 243 Å². The van der Waals surface area contributed by atoms with E-state index in [1.165, 1.54) is 12.0 Å². The first-order chi connectivity index (χ1) is 19.9. The molecule has 3 aromatic carbocycles. The molecule has 1 N–H and O–H groups in total. The van der Waals surface area contributed by atoms with Crippen LogP contribution in [0.3, 0.4) is 0 Å². The number of aryl methyl sites for hydroxylation is 1. The average molecular weight is 547 g/mol. The number of nitrogens with zero attached hydrogens (tertiary/aromatic N) is 2. The van der Waals surface area contributed by atoms with E-state index in [0.29, 0.717) is 12.6 Å². The second kappa shape index (κ2) is 11.4. The van der Waals surface area contributed by atoms with Crippen LogP contribution in [0.15, 0.2) is 85.2 Å². The fraction of sp³-hybridized carbons (Fsp3) is 0.306. The zero-order valence-corrected chi connectivity index (χ0v) is 24.3. The van der Waals surface area contributed by atoms with Crippen LogP contribution in [-0.2, 0) is 0 Å². The molecule has 41 heavy (non-hydrogen) atoms. The summed E-state index contributed by atoms with van der Waals surface area (Å²) in [5.74, 6) is 2.62. The van der Waals surface area contributed by atoms with Crippen LogP contribution in [0.1, 0.15) is 55.5 Å². The van der Waals surface area contributed by atoms with Gasteiger partial charge in [0.1, 0.15) is 30.0 Å². The van der Waals surface area contributed by atoms with Crippen LogP contribution in [0.5, 0.6) is 17.2 Å². The summed E-state index contributed by atoms with van der Waals surface area (Å²) in [6.45, 7) is 11.8. The zero-order valence-electron chi connectivity index (χ0n) is 24.3. The minimum absolute atomic E-state index is 0.225. The van der Waals surface area contributed by atoms with E-state index in [0.717, 1.165) is 69.5 Å². The van der Waals surface area contributed by atoms with Crippen LogP contribution < -0.4 is 9.47 Å². The van der Waals surface area contributed by atoms with E-state index in [1.807, 2.05) is 36.7 Å². The van der Waals surface area contributed by atoms with Gasteiger partial charge in [0.2, 0.25) is 0 Å². The van der Waals surface area contributed by atoms with Crippen molar-refractivity contribution in [1.82, 2.24) is 9.88 Å². The van der Waals surface area contributed by atoms with Crippen molar-refractivity contribution in [2.45, 2.75) is 46.3 Å². The van der Waals surface area contributed by atoms with Gasteiger partial charge < -0.3 is 14.6 Å². The number of aromatic hydroxyl groups is 1. The van der Waals surface area contributed by atoms with Crippen LogP contribution >= 0.6 is 0 Å². The Morgan fingerprint density at radius 1 is 1.00 bits per heavy atom. The normalized spacial score (nSPS) is 19.5. The summed E-state index contributed by atoms with van der Waals surface area (Å²) in [4.78, 5) is 6.88. The number of benzene rings is 3. The molecule has 0 spiro atoms. The maximum atomic E-state index is 10.3. The van der Waals surface area contributed by atoms with Crippen LogP contribution in [0.25, 0.3) is 22.3 Å². The number of rotatable bonds is 7. The third-order valence-corrected chi connectivity index (χ3v) is 8.55. The quantitative estimate of drug-likeness (QED) is 0.255. The molecule has 6 rings (SSSR count). The zero-order chi connectivity index (χ0) is 28.5. The lowest BCUT2D eigenvalue weighted by Gasteiger charge is -2.31. The number of ether oxygens (including phenoxy) is 2. The molecule has 1 saturated heterocycles. The molecule has 3 unspecified atom stereocenters. The van der Waals surface area contributed by atoms with Crippen LogP contribution in [-0.4, -0.2) is 40.7 Å². The molecular weight excluding hydrogens is 508 g/mol. The van der Waals surface area contributed by atoms with Crippen molar-refractivity contribution >= 4 is 11.1 Å². The summed E-state index contributed by atoms with van der Waals surface area (Å²) < 4.78 is 12.9. The summed E-state index contributed by atoms with van der Waals surface area (Å²) in [5.41, 5.74) is 8.60. The van der Waals surface area contributed by atoms with Crippen molar-refractivity contribution in [3.63, 3.8) is 0 Å². The van der Waals surface area contributed by atoms with Crippen molar-refractivity contribution in [3.8, 4) is 28.4 Å². The van der Waals surface area contributed by atoms with E-state index in [2.05, 4.69) is 74.0 Å². The van der Waals surface area contributed by atoms with E-state index < -0.39 is 0 Å². The van der Waals surface area contributed by atoms with E-state index in [4.69, 9.17) is 9.47 Å². The summed E-state index contributed by atoms with van der Waals surface area (Å²) in [6.07, 6.45) is 4.70. The van der Waals surface area contributed by atoms with Gasteiger partial charge in [0.25, 0.3) is 0 Å². The van der Waals surface area contributed by atoms with E-state index in [1.54, 1.807) is 12.1 Å². The number of hydrogen-bond acceptors (Lipinski definition) is 5. The van der Waals surface area contributed by atoms with E-state index in [-0.39, 0.29) is 11.9 Å². The Morgan fingerprint density at radius 2 is 1.80 bits per heavy atom. The number of pyridine rings is 1. The van der Waals surface area contributed by atoms with Gasteiger partial charge in [0, 0.05) is 41.7 Å². The summed E-state index contributed by atoms with van der Waals surface area (Å²) in [7, 11) is 0. The maximum absolute atomic E-state index is 10.3. The predicted molar refractivity (Wildman–Crippen MR) is 165 cm³/mol. The highest BCUT2D eigenvalue weighted by atomic mass is 16.5. The molecule has 2 aliphatic heterocycles. The van der Waals surface area contributed by atoms with Crippen molar-refractivity contribution in [2.24, 2.45) is 5.92 Å². The molecule has 0 amide bonds. The van der Waals surface area contributed by atoms with Gasteiger partial charge in [-0.05, 0) is 110 Å². The summed E-state index contributed by atoms with van der Waals surface area (Å²) in [5, 5.41) is 10.3. The third-order valence-electron chi connectivity index (χ3n) is 8.55. The van der Waals surface area contributed by atoms with Crippen molar-refractivity contribution in [3.05, 3.63) is 107 Å². The minimum Gasteiger partial charge on any atom is -0.508 e. The largest absolute Gasteiger partial charge is 0.508 e. The van der Waals surface area contributed by atoms with Gasteiger partial charge in [-0.2, -0.15) is 0 Å². The van der Waals surface area contributed by atoms with Gasteiger partial charge in [0.05, 0.1) is 0 Å². The van der Waals surface area contributed by atoms with Crippen molar-refractivity contribution < 1.29 is 14.6 Å². The van der Waals surface area contributed by atoms with Crippen molar-refractivity contribution in [2.75, 3.05) is 19.7 Å². The molecule has 0 aliphatic carbocycles. The number of phenols is 1. The first-order valence-corrected chi connectivity index (χ1v) is 14.6. The second-order valence-corrected chi connectivity index (χ2v) is 11.6. The number of hydrogen-bond donors (Lipinski definition) is 1. The highest BCUT2D eigenvalue weighted by Crippen LogP contribution is 2.48. The fourth-order valence-electron chi connectivity index (χ4n) is 6.10. The van der Waals surface area contributed by atoms with Gasteiger partial charge >= 0.3 is 0 Å². The standard InChI is InChI=1S/C36H38N2O3/c1-23-15-17-38(21-23)25(3)22-40-31-11-8-27(9-12-31)36-35(26(4)32-19-30(39)10-13-34(32)41-36)29-7-5-6-28(18-29)33-20-37-16-14-24(33)2/h5-14,16,18-20,23,25,36,39H,15,17,21-22H2,1-4H3. The Morgan fingerprint density at radius 3 is 2.56 bits per heavy atom. The molecule has 3 atom stereocenters. The third kappa shape index (κ3) is 5.59. The van der Waals surface area contributed by atoms with Gasteiger partial charge in [-0.15, -0.1) is 0 Å². The monoisotopic (exact) mass is 546 g/mol. The lowest BCUT2D eigenvalue weighted by molar-refractivity contribution is 0.169.